The minimum absolute atomic E-state index is 0.00785. The first kappa shape index (κ1) is 21.4. The fraction of sp³-hybridized carbons (Fsp3) is 0.286. The van der Waals surface area contributed by atoms with Gasteiger partial charge in [-0.25, -0.2) is 4.98 Å². The summed E-state index contributed by atoms with van der Waals surface area (Å²) in [6, 6.07) is 13.5. The average molecular weight is 475 g/mol. The Hall–Kier alpha value is -2.32. The first-order valence-electron chi connectivity index (χ1n) is 9.19. The quantitative estimate of drug-likeness (QED) is 0.527. The van der Waals surface area contributed by atoms with E-state index in [4.69, 9.17) is 0 Å². The smallest absolute Gasteiger partial charge is 0.243 e. The number of aryl methyl sites for hydroxylation is 1. The lowest BCUT2D eigenvalue weighted by molar-refractivity contribution is -0.131. The van der Waals surface area contributed by atoms with Crippen molar-refractivity contribution in [2.75, 3.05) is 24.7 Å². The van der Waals surface area contributed by atoms with Crippen LogP contribution < -0.4 is 5.32 Å². The van der Waals surface area contributed by atoms with Gasteiger partial charge in [-0.1, -0.05) is 28.1 Å². The summed E-state index contributed by atoms with van der Waals surface area (Å²) in [7, 11) is 1.64. The van der Waals surface area contributed by atoms with Crippen LogP contribution >= 0.6 is 27.7 Å². The number of hydrogen-bond acceptors (Lipinski definition) is 4. The molecule has 8 heteroatoms. The Morgan fingerprint density at radius 2 is 2.03 bits per heavy atom. The predicted octanol–water partition coefficient (Wildman–Crippen LogP) is 4.53. The number of imidazole rings is 1. The van der Waals surface area contributed by atoms with Crippen LogP contribution in [0, 0.1) is 6.92 Å². The number of thioether (sulfide) groups is 1. The van der Waals surface area contributed by atoms with Gasteiger partial charge in [-0.3, -0.25) is 9.59 Å². The molecule has 2 amide bonds. The number of rotatable bonds is 7. The van der Waals surface area contributed by atoms with Crippen LogP contribution in [0.4, 0.5) is 5.69 Å². The number of para-hydroxylation sites is 2. The zero-order valence-electron chi connectivity index (χ0n) is 16.5. The summed E-state index contributed by atoms with van der Waals surface area (Å²) < 4.78 is 0.955. The molecule has 6 nitrogen and oxygen atoms in total. The van der Waals surface area contributed by atoms with E-state index in [1.807, 2.05) is 56.3 Å². The monoisotopic (exact) mass is 474 g/mol. The Balaban J connectivity index is 1.50. The van der Waals surface area contributed by atoms with Crippen molar-refractivity contribution >= 4 is 56.2 Å². The summed E-state index contributed by atoms with van der Waals surface area (Å²) in [6.45, 7) is 3.94. The van der Waals surface area contributed by atoms with E-state index in [9.17, 15) is 9.59 Å². The molecule has 0 saturated carbocycles. The number of nitrogens with zero attached hydrogens (tertiary/aromatic N) is 2. The molecule has 1 atom stereocenters. The van der Waals surface area contributed by atoms with E-state index in [0.29, 0.717) is 0 Å². The van der Waals surface area contributed by atoms with Crippen LogP contribution in [0.15, 0.2) is 46.9 Å². The maximum atomic E-state index is 12.4. The van der Waals surface area contributed by atoms with Crippen molar-refractivity contribution in [3.8, 4) is 0 Å². The number of hydrogen-bond donors (Lipinski definition) is 2. The number of benzene rings is 2. The summed E-state index contributed by atoms with van der Waals surface area (Å²) in [5.74, 6) is 0.802. The van der Waals surface area contributed by atoms with Crippen LogP contribution in [0.1, 0.15) is 23.6 Å². The minimum atomic E-state index is -0.221. The Morgan fingerprint density at radius 1 is 1.28 bits per heavy atom. The van der Waals surface area contributed by atoms with Crippen molar-refractivity contribution in [1.29, 1.82) is 0 Å². The van der Waals surface area contributed by atoms with E-state index < -0.39 is 0 Å². The molecule has 152 valence electrons. The number of amides is 2. The van der Waals surface area contributed by atoms with Gasteiger partial charge in [0, 0.05) is 17.2 Å². The molecule has 2 N–H and O–H groups in total. The van der Waals surface area contributed by atoms with E-state index in [1.165, 1.54) is 16.7 Å². The Kier molecular flexibility index (Phi) is 6.97. The Morgan fingerprint density at radius 3 is 2.76 bits per heavy atom. The molecule has 0 aliphatic carbocycles. The van der Waals surface area contributed by atoms with Gasteiger partial charge in [-0.15, -0.1) is 11.8 Å². The maximum Gasteiger partial charge on any atom is 0.243 e. The lowest BCUT2D eigenvalue weighted by Crippen LogP contribution is -2.36. The fourth-order valence-corrected chi connectivity index (χ4v) is 4.17. The maximum absolute atomic E-state index is 12.4. The lowest BCUT2D eigenvalue weighted by atomic mass is 10.2. The molecule has 29 heavy (non-hydrogen) atoms. The number of nitrogens with one attached hydrogen (secondary N) is 2. The number of likely N-dealkylation sites (N-methyl/N-ethyl adjacent to an activating group) is 1. The summed E-state index contributed by atoms with van der Waals surface area (Å²) in [6.07, 6.45) is 0. The minimum Gasteiger partial charge on any atom is -0.341 e. The number of carbonyl (C=O) groups excluding carboxylic acids is 2. The molecule has 0 aliphatic heterocycles. The lowest BCUT2D eigenvalue weighted by Gasteiger charge is -2.18. The second-order valence-electron chi connectivity index (χ2n) is 6.85. The van der Waals surface area contributed by atoms with Crippen LogP contribution in [0.5, 0.6) is 0 Å². The van der Waals surface area contributed by atoms with Crippen LogP contribution in [0.2, 0.25) is 0 Å². The zero-order chi connectivity index (χ0) is 21.0. The topological polar surface area (TPSA) is 78.1 Å². The highest BCUT2D eigenvalue weighted by molar-refractivity contribution is 9.10. The third kappa shape index (κ3) is 5.61. The van der Waals surface area contributed by atoms with E-state index in [0.717, 1.165) is 32.6 Å². The van der Waals surface area contributed by atoms with Gasteiger partial charge in [0.15, 0.2) is 0 Å². The van der Waals surface area contributed by atoms with Crippen molar-refractivity contribution in [3.63, 3.8) is 0 Å². The number of H-pyrrole nitrogens is 1. The molecular weight excluding hydrogens is 452 g/mol. The largest absolute Gasteiger partial charge is 0.341 e. The summed E-state index contributed by atoms with van der Waals surface area (Å²) in [5, 5.41) is 2.89. The number of fused-ring (bicyclic) bond motifs is 1. The average Bonchev–Trinajstić information content (AvgIpc) is 3.12. The van der Waals surface area contributed by atoms with Gasteiger partial charge in [0.05, 0.1) is 28.6 Å². The molecule has 1 heterocycles. The van der Waals surface area contributed by atoms with Gasteiger partial charge >= 0.3 is 0 Å². The van der Waals surface area contributed by atoms with Gasteiger partial charge in [0.1, 0.15) is 5.82 Å². The first-order valence-corrected chi connectivity index (χ1v) is 11.0. The van der Waals surface area contributed by atoms with Crippen molar-refractivity contribution in [1.82, 2.24) is 14.9 Å². The van der Waals surface area contributed by atoms with Crippen LogP contribution in [0.3, 0.4) is 0 Å². The van der Waals surface area contributed by atoms with Gasteiger partial charge < -0.3 is 15.2 Å². The molecule has 1 unspecified atom stereocenters. The number of halogens is 1. The molecule has 3 rings (SSSR count). The first-order chi connectivity index (χ1) is 13.8. The second kappa shape index (κ2) is 9.45. The molecule has 1 aromatic heterocycles. The zero-order valence-corrected chi connectivity index (χ0v) is 18.9. The summed E-state index contributed by atoms with van der Waals surface area (Å²) >= 11 is 4.90. The van der Waals surface area contributed by atoms with Crippen molar-refractivity contribution < 1.29 is 9.59 Å². The normalized spacial score (nSPS) is 12.0. The highest BCUT2D eigenvalue weighted by Gasteiger charge is 2.17. The number of anilines is 1. The molecule has 0 radical (unpaired) electrons. The van der Waals surface area contributed by atoms with Crippen molar-refractivity contribution in [2.45, 2.75) is 19.1 Å². The number of carbonyl (C=O) groups is 2. The molecule has 0 fully saturated rings. The van der Waals surface area contributed by atoms with Crippen molar-refractivity contribution in [3.05, 3.63) is 58.3 Å². The highest BCUT2D eigenvalue weighted by Crippen LogP contribution is 2.27. The molecule has 0 saturated heterocycles. The third-order valence-electron chi connectivity index (χ3n) is 4.52. The highest BCUT2D eigenvalue weighted by atomic mass is 79.9. The van der Waals surface area contributed by atoms with Crippen LogP contribution in [-0.4, -0.2) is 46.0 Å². The number of aromatic nitrogens is 2. The summed E-state index contributed by atoms with van der Waals surface area (Å²) in [4.78, 5) is 34.0. The predicted molar refractivity (Wildman–Crippen MR) is 122 cm³/mol. The Bertz CT molecular complexity index is 1000. The SMILES string of the molecule is Cc1cc(Br)ccc1NC(=O)CN(C)C(=O)CSC(C)c1nc2ccccc2[nH]1. The third-order valence-corrected chi connectivity index (χ3v) is 6.15. The van der Waals surface area contributed by atoms with Crippen LogP contribution in [0.25, 0.3) is 11.0 Å². The van der Waals surface area contributed by atoms with Gasteiger partial charge in [0.25, 0.3) is 0 Å². The van der Waals surface area contributed by atoms with Gasteiger partial charge in [0.2, 0.25) is 11.8 Å². The van der Waals surface area contributed by atoms with E-state index in [-0.39, 0.29) is 29.4 Å². The van der Waals surface area contributed by atoms with Gasteiger partial charge in [-0.2, -0.15) is 0 Å². The molecule has 3 aromatic rings. The fourth-order valence-electron chi connectivity index (χ4n) is 2.81. The molecule has 0 aliphatic rings. The van der Waals surface area contributed by atoms with E-state index in [2.05, 4.69) is 31.2 Å². The van der Waals surface area contributed by atoms with E-state index >= 15 is 0 Å². The number of aromatic amines is 1. The molecule has 0 bridgehead atoms. The summed E-state index contributed by atoms with van der Waals surface area (Å²) in [5.41, 5.74) is 3.60. The van der Waals surface area contributed by atoms with Crippen LogP contribution in [-0.2, 0) is 9.59 Å². The standard InChI is InChI=1S/C21H23BrN4O2S/c1-13-10-15(22)8-9-16(13)23-19(27)11-26(3)20(28)12-29-14(2)21-24-17-6-4-5-7-18(17)25-21/h4-10,14H,11-12H2,1-3H3,(H,23,27)(H,24,25). The molecular formula is C21H23BrN4O2S. The van der Waals surface area contributed by atoms with Crippen molar-refractivity contribution in [2.24, 2.45) is 0 Å². The Labute approximate surface area is 182 Å². The second-order valence-corrected chi connectivity index (χ2v) is 9.09. The molecule has 2 aromatic carbocycles. The molecule has 0 spiro atoms. The van der Waals surface area contributed by atoms with Gasteiger partial charge in [-0.05, 0) is 49.7 Å². The van der Waals surface area contributed by atoms with E-state index in [1.54, 1.807) is 7.05 Å².